The van der Waals surface area contributed by atoms with Crippen molar-refractivity contribution in [3.8, 4) is 11.3 Å². The third kappa shape index (κ3) is 2.31. The van der Waals surface area contributed by atoms with Crippen LogP contribution in [0, 0.1) is 0 Å². The third-order valence-electron chi connectivity index (χ3n) is 3.82. The van der Waals surface area contributed by atoms with Gasteiger partial charge in [-0.3, -0.25) is 4.40 Å². The first-order valence-corrected chi connectivity index (χ1v) is 7.78. The normalized spacial score (nSPS) is 11.0. The van der Waals surface area contributed by atoms with Gasteiger partial charge in [-0.15, -0.1) is 0 Å². The number of fused-ring (bicyclic) bond motifs is 3. The molecule has 0 spiro atoms. The Hall–Kier alpha value is -3.21. The lowest BCUT2D eigenvalue weighted by Crippen LogP contribution is -2.08. The van der Waals surface area contributed by atoms with Crippen molar-refractivity contribution in [3.63, 3.8) is 0 Å². The van der Waals surface area contributed by atoms with E-state index in [0.717, 1.165) is 27.9 Å². The summed E-state index contributed by atoms with van der Waals surface area (Å²) >= 11 is 0. The maximum absolute atomic E-state index is 12.2. The first-order chi connectivity index (χ1) is 11.8. The Morgan fingerprint density at radius 1 is 1.08 bits per heavy atom. The molecule has 0 aliphatic carbocycles. The Bertz CT molecular complexity index is 1040. The molecule has 4 aromatic rings. The molecule has 0 amide bonds. The fourth-order valence-corrected chi connectivity index (χ4v) is 2.79. The summed E-state index contributed by atoms with van der Waals surface area (Å²) in [6.45, 7) is 2.09. The van der Waals surface area contributed by atoms with Crippen molar-refractivity contribution in [2.24, 2.45) is 0 Å². The van der Waals surface area contributed by atoms with Crippen LogP contribution in [-0.2, 0) is 4.74 Å². The number of esters is 1. The van der Waals surface area contributed by atoms with E-state index in [-0.39, 0.29) is 5.69 Å². The van der Waals surface area contributed by atoms with Gasteiger partial charge in [0.1, 0.15) is 5.65 Å². The molecular weight excluding hydrogens is 302 g/mol. The molecule has 3 aromatic heterocycles. The topological polar surface area (TPSA) is 56.5 Å². The van der Waals surface area contributed by atoms with Gasteiger partial charge in [0.2, 0.25) is 0 Å². The van der Waals surface area contributed by atoms with Gasteiger partial charge >= 0.3 is 5.97 Å². The molecule has 3 heterocycles. The number of rotatable bonds is 3. The SMILES string of the molecule is CCOC(=O)c1cc2nc3ccccn3c2c(-c2ccccc2)n1. The van der Waals surface area contributed by atoms with E-state index in [9.17, 15) is 4.79 Å². The predicted molar refractivity (Wildman–Crippen MR) is 91.9 cm³/mol. The molecule has 0 fully saturated rings. The number of carbonyl (C=O) groups excluding carboxylic acids is 1. The number of hydrogen-bond acceptors (Lipinski definition) is 4. The van der Waals surface area contributed by atoms with Crippen LogP contribution in [-0.4, -0.2) is 26.9 Å². The number of benzene rings is 1. The summed E-state index contributed by atoms with van der Waals surface area (Å²) in [6.07, 6.45) is 1.95. The van der Waals surface area contributed by atoms with Crippen LogP contribution in [0.4, 0.5) is 0 Å². The summed E-state index contributed by atoms with van der Waals surface area (Å²) in [7, 11) is 0. The van der Waals surface area contributed by atoms with E-state index in [1.807, 2.05) is 59.1 Å². The average molecular weight is 317 g/mol. The highest BCUT2D eigenvalue weighted by atomic mass is 16.5. The van der Waals surface area contributed by atoms with Crippen LogP contribution in [0.25, 0.3) is 27.9 Å². The number of carbonyl (C=O) groups is 1. The second kappa shape index (κ2) is 5.77. The zero-order valence-corrected chi connectivity index (χ0v) is 13.1. The van der Waals surface area contributed by atoms with Crippen LogP contribution >= 0.6 is 0 Å². The van der Waals surface area contributed by atoms with Crippen molar-refractivity contribution in [2.75, 3.05) is 6.61 Å². The van der Waals surface area contributed by atoms with Crippen LogP contribution < -0.4 is 0 Å². The van der Waals surface area contributed by atoms with Gasteiger partial charge in [0.25, 0.3) is 0 Å². The second-order valence-corrected chi connectivity index (χ2v) is 5.35. The standard InChI is InChI=1S/C19H15N3O2/c1-2-24-19(23)15-12-14-18(22-11-7-6-10-16(22)20-14)17(21-15)13-8-4-3-5-9-13/h3-12H,2H2,1H3. The van der Waals surface area contributed by atoms with Crippen molar-refractivity contribution < 1.29 is 9.53 Å². The van der Waals surface area contributed by atoms with Crippen molar-refractivity contribution in [2.45, 2.75) is 6.92 Å². The molecule has 0 N–H and O–H groups in total. The summed E-state index contributed by atoms with van der Waals surface area (Å²) in [5.41, 5.74) is 4.33. The van der Waals surface area contributed by atoms with Crippen LogP contribution in [0.5, 0.6) is 0 Å². The quantitative estimate of drug-likeness (QED) is 0.540. The summed E-state index contributed by atoms with van der Waals surface area (Å²) in [6, 6.07) is 17.3. The van der Waals surface area contributed by atoms with Crippen LogP contribution in [0.15, 0.2) is 60.8 Å². The van der Waals surface area contributed by atoms with Crippen LogP contribution in [0.2, 0.25) is 0 Å². The zero-order valence-electron chi connectivity index (χ0n) is 13.1. The Balaban J connectivity index is 2.07. The molecule has 0 saturated heterocycles. The second-order valence-electron chi connectivity index (χ2n) is 5.35. The van der Waals surface area contributed by atoms with Crippen molar-refractivity contribution in [1.29, 1.82) is 0 Å². The molecule has 5 nitrogen and oxygen atoms in total. The number of hydrogen-bond donors (Lipinski definition) is 0. The number of pyridine rings is 2. The average Bonchev–Trinajstić information content (AvgIpc) is 3.00. The summed E-state index contributed by atoms with van der Waals surface area (Å²) in [5, 5.41) is 0. The van der Waals surface area contributed by atoms with E-state index >= 15 is 0 Å². The van der Waals surface area contributed by atoms with E-state index < -0.39 is 5.97 Å². The Labute approximate surface area is 138 Å². The highest BCUT2D eigenvalue weighted by molar-refractivity contribution is 5.98. The van der Waals surface area contributed by atoms with E-state index in [2.05, 4.69) is 9.97 Å². The number of aromatic nitrogens is 3. The molecule has 0 unspecified atom stereocenters. The monoisotopic (exact) mass is 317 g/mol. The van der Waals surface area contributed by atoms with Gasteiger partial charge in [0.05, 0.1) is 23.3 Å². The number of ether oxygens (including phenoxy) is 1. The molecule has 0 saturated carbocycles. The summed E-state index contributed by atoms with van der Waals surface area (Å²) in [4.78, 5) is 21.4. The first-order valence-electron chi connectivity index (χ1n) is 7.78. The molecule has 1 aromatic carbocycles. The Morgan fingerprint density at radius 3 is 2.67 bits per heavy atom. The fraction of sp³-hybridized carbons (Fsp3) is 0.105. The van der Waals surface area contributed by atoms with Gasteiger partial charge in [-0.25, -0.2) is 14.8 Å². The number of imidazole rings is 1. The molecule has 0 aliphatic rings. The minimum atomic E-state index is -0.436. The predicted octanol–water partition coefficient (Wildman–Crippen LogP) is 3.73. The van der Waals surface area contributed by atoms with Crippen molar-refractivity contribution >= 4 is 22.6 Å². The smallest absolute Gasteiger partial charge is 0.357 e. The van der Waals surface area contributed by atoms with E-state index in [1.54, 1.807) is 13.0 Å². The minimum Gasteiger partial charge on any atom is -0.461 e. The molecule has 4 rings (SSSR count). The molecule has 0 aliphatic heterocycles. The maximum Gasteiger partial charge on any atom is 0.357 e. The first kappa shape index (κ1) is 14.4. The third-order valence-corrected chi connectivity index (χ3v) is 3.82. The maximum atomic E-state index is 12.2. The highest BCUT2D eigenvalue weighted by Crippen LogP contribution is 2.28. The lowest BCUT2D eigenvalue weighted by atomic mass is 10.1. The Kier molecular flexibility index (Phi) is 3.46. The fourth-order valence-electron chi connectivity index (χ4n) is 2.79. The molecule has 0 atom stereocenters. The van der Waals surface area contributed by atoms with Gasteiger partial charge < -0.3 is 4.74 Å². The van der Waals surface area contributed by atoms with Crippen molar-refractivity contribution in [1.82, 2.24) is 14.4 Å². The van der Waals surface area contributed by atoms with E-state index in [4.69, 9.17) is 4.74 Å². The largest absolute Gasteiger partial charge is 0.461 e. The highest BCUT2D eigenvalue weighted by Gasteiger charge is 2.18. The summed E-state index contributed by atoms with van der Waals surface area (Å²) < 4.78 is 7.09. The van der Waals surface area contributed by atoms with Gasteiger partial charge in [-0.1, -0.05) is 36.4 Å². The lowest BCUT2D eigenvalue weighted by Gasteiger charge is -2.07. The molecule has 0 radical (unpaired) electrons. The molecule has 5 heteroatoms. The molecular formula is C19H15N3O2. The Morgan fingerprint density at radius 2 is 1.88 bits per heavy atom. The molecule has 0 bridgehead atoms. The van der Waals surface area contributed by atoms with E-state index in [0.29, 0.717) is 6.61 Å². The lowest BCUT2D eigenvalue weighted by molar-refractivity contribution is 0.0520. The van der Waals surface area contributed by atoms with E-state index in [1.165, 1.54) is 0 Å². The summed E-state index contributed by atoms with van der Waals surface area (Å²) in [5.74, 6) is -0.436. The zero-order chi connectivity index (χ0) is 16.5. The van der Waals surface area contributed by atoms with Crippen LogP contribution in [0.1, 0.15) is 17.4 Å². The molecule has 118 valence electrons. The van der Waals surface area contributed by atoms with Gasteiger partial charge in [-0.05, 0) is 25.1 Å². The van der Waals surface area contributed by atoms with Crippen LogP contribution in [0.3, 0.4) is 0 Å². The van der Waals surface area contributed by atoms with Gasteiger partial charge in [0, 0.05) is 11.8 Å². The molecule has 24 heavy (non-hydrogen) atoms. The van der Waals surface area contributed by atoms with Crippen molar-refractivity contribution in [3.05, 3.63) is 66.5 Å². The number of nitrogens with zero attached hydrogens (tertiary/aromatic N) is 3. The van der Waals surface area contributed by atoms with Gasteiger partial charge in [-0.2, -0.15) is 0 Å². The van der Waals surface area contributed by atoms with Gasteiger partial charge in [0.15, 0.2) is 5.69 Å². The minimum absolute atomic E-state index is 0.270.